The molecule has 2 atom stereocenters. The minimum atomic E-state index is -0.552. The van der Waals surface area contributed by atoms with Crippen LogP contribution in [0.2, 0.25) is 0 Å². The van der Waals surface area contributed by atoms with Crippen LogP contribution in [-0.2, 0) is 4.79 Å². The van der Waals surface area contributed by atoms with Gasteiger partial charge in [-0.1, -0.05) is 56.5 Å². The molecule has 2 amide bonds. The number of unbranched alkanes of at least 4 members (excludes halogenated alkanes) is 3. The summed E-state index contributed by atoms with van der Waals surface area (Å²) in [7, 11) is 0. The Morgan fingerprint density at radius 1 is 1.10 bits per heavy atom. The van der Waals surface area contributed by atoms with Gasteiger partial charge in [0.15, 0.2) is 0 Å². The van der Waals surface area contributed by atoms with Crippen LogP contribution in [0.25, 0.3) is 0 Å². The number of nitrogens with zero attached hydrogens (tertiary/aromatic N) is 1. The molecule has 0 aromatic heterocycles. The Hall–Kier alpha value is -2.34. The molecule has 0 radical (unpaired) electrons. The molecule has 1 fully saturated rings. The van der Waals surface area contributed by atoms with Gasteiger partial charge in [-0.15, -0.1) is 11.8 Å². The summed E-state index contributed by atoms with van der Waals surface area (Å²) in [6.07, 6.45) is 4.32. The molecule has 0 spiro atoms. The maximum Gasteiger partial charge on any atom is 0.256 e. The Morgan fingerprint density at radius 3 is 2.53 bits per heavy atom. The van der Waals surface area contributed by atoms with Gasteiger partial charge in [-0.2, -0.15) is 0 Å². The molecule has 1 aliphatic heterocycles. The van der Waals surface area contributed by atoms with Crippen molar-refractivity contribution in [1.29, 1.82) is 0 Å². The van der Waals surface area contributed by atoms with E-state index in [1.165, 1.54) is 12.1 Å². The van der Waals surface area contributed by atoms with Crippen molar-refractivity contribution in [3.05, 3.63) is 71.0 Å². The summed E-state index contributed by atoms with van der Waals surface area (Å²) in [4.78, 5) is 28.1. The van der Waals surface area contributed by atoms with Gasteiger partial charge in [0.1, 0.15) is 17.2 Å². The minimum Gasteiger partial charge on any atom is -0.354 e. The van der Waals surface area contributed by atoms with Crippen LogP contribution in [0.5, 0.6) is 0 Å². The molecule has 1 saturated heterocycles. The molecule has 1 N–H and O–H groups in total. The fourth-order valence-electron chi connectivity index (χ4n) is 3.67. The third kappa shape index (κ3) is 5.22. The fraction of sp³-hybridized carbons (Fsp3) is 0.417. The molecule has 0 bridgehead atoms. The Morgan fingerprint density at radius 2 is 1.83 bits per heavy atom. The summed E-state index contributed by atoms with van der Waals surface area (Å²) in [5, 5.41) is 2.68. The molecule has 2 unspecified atom stereocenters. The van der Waals surface area contributed by atoms with Crippen molar-refractivity contribution < 1.29 is 14.0 Å². The number of hydrogen-bond acceptors (Lipinski definition) is 3. The maximum atomic E-state index is 13.5. The second kappa shape index (κ2) is 10.6. The SMILES string of the molecule is CCCCCCNC(=O)C1CSC(c2ccc(F)cc2)N1C(=O)c1ccccc1C. The van der Waals surface area contributed by atoms with Crippen LogP contribution < -0.4 is 5.32 Å². The van der Waals surface area contributed by atoms with Crippen molar-refractivity contribution >= 4 is 23.6 Å². The number of benzene rings is 2. The highest BCUT2D eigenvalue weighted by atomic mass is 32.2. The summed E-state index contributed by atoms with van der Waals surface area (Å²) in [5.74, 6) is -0.0931. The van der Waals surface area contributed by atoms with Crippen LogP contribution >= 0.6 is 11.8 Å². The Balaban J connectivity index is 1.82. The average molecular weight is 429 g/mol. The Kier molecular flexibility index (Phi) is 7.91. The molecule has 4 nitrogen and oxygen atoms in total. The standard InChI is InChI=1S/C24H29FN2O2S/c1-3-4-5-8-15-26-22(28)21-16-30-24(18-11-13-19(25)14-12-18)27(21)23(29)20-10-7-6-9-17(20)2/h6-7,9-14,21,24H,3-5,8,15-16H2,1-2H3,(H,26,28). The summed E-state index contributed by atoms with van der Waals surface area (Å²) in [6, 6.07) is 13.0. The van der Waals surface area contributed by atoms with Gasteiger partial charge in [-0.05, 0) is 42.7 Å². The first-order valence-corrected chi connectivity index (χ1v) is 11.6. The molecular weight excluding hydrogens is 399 g/mol. The lowest BCUT2D eigenvalue weighted by Gasteiger charge is -2.29. The second-order valence-corrected chi connectivity index (χ2v) is 8.75. The second-order valence-electron chi connectivity index (χ2n) is 7.63. The number of nitrogens with one attached hydrogen (secondary N) is 1. The van der Waals surface area contributed by atoms with Gasteiger partial charge in [0, 0.05) is 17.9 Å². The van der Waals surface area contributed by atoms with E-state index in [-0.39, 0.29) is 23.0 Å². The number of rotatable bonds is 8. The van der Waals surface area contributed by atoms with E-state index in [2.05, 4.69) is 12.2 Å². The van der Waals surface area contributed by atoms with Gasteiger partial charge >= 0.3 is 0 Å². The van der Waals surface area contributed by atoms with Crippen LogP contribution in [0, 0.1) is 12.7 Å². The van der Waals surface area contributed by atoms with Crippen LogP contribution in [0.3, 0.4) is 0 Å². The lowest BCUT2D eigenvalue weighted by Crippen LogP contribution is -2.48. The van der Waals surface area contributed by atoms with Crippen LogP contribution in [-0.4, -0.2) is 35.1 Å². The number of carbonyl (C=O) groups excluding carboxylic acids is 2. The molecule has 1 heterocycles. The summed E-state index contributed by atoms with van der Waals surface area (Å²) in [6.45, 7) is 4.67. The zero-order chi connectivity index (χ0) is 21.5. The zero-order valence-corrected chi connectivity index (χ0v) is 18.4. The van der Waals surface area contributed by atoms with E-state index in [0.717, 1.165) is 36.8 Å². The smallest absolute Gasteiger partial charge is 0.256 e. The van der Waals surface area contributed by atoms with Crippen molar-refractivity contribution in [2.45, 2.75) is 50.9 Å². The van der Waals surface area contributed by atoms with E-state index in [1.807, 2.05) is 25.1 Å². The number of carbonyl (C=O) groups is 2. The highest BCUT2D eigenvalue weighted by Crippen LogP contribution is 2.42. The summed E-state index contributed by atoms with van der Waals surface area (Å²) < 4.78 is 13.4. The number of halogens is 1. The van der Waals surface area contributed by atoms with Gasteiger partial charge in [-0.25, -0.2) is 4.39 Å². The Labute approximate surface area is 182 Å². The minimum absolute atomic E-state index is 0.120. The number of thioether (sulfide) groups is 1. The number of hydrogen-bond donors (Lipinski definition) is 1. The molecular formula is C24H29FN2O2S. The first-order valence-electron chi connectivity index (χ1n) is 10.6. The molecule has 3 rings (SSSR count). The van der Waals surface area contributed by atoms with Crippen molar-refractivity contribution in [2.24, 2.45) is 0 Å². The average Bonchev–Trinajstić information content (AvgIpc) is 3.19. The first-order chi connectivity index (χ1) is 14.5. The predicted molar refractivity (Wildman–Crippen MR) is 120 cm³/mol. The third-order valence-electron chi connectivity index (χ3n) is 5.40. The maximum absolute atomic E-state index is 13.5. The molecule has 0 saturated carbocycles. The lowest BCUT2D eigenvalue weighted by atomic mass is 10.1. The van der Waals surface area contributed by atoms with Gasteiger partial charge in [-0.3, -0.25) is 9.59 Å². The van der Waals surface area contributed by atoms with E-state index in [0.29, 0.717) is 17.9 Å². The highest BCUT2D eigenvalue weighted by molar-refractivity contribution is 7.99. The first kappa shape index (κ1) is 22.3. The molecule has 2 aromatic rings. The predicted octanol–water partition coefficient (Wildman–Crippen LogP) is 5.09. The topological polar surface area (TPSA) is 49.4 Å². The van der Waals surface area contributed by atoms with Crippen molar-refractivity contribution in [2.75, 3.05) is 12.3 Å². The van der Waals surface area contributed by atoms with E-state index < -0.39 is 6.04 Å². The largest absolute Gasteiger partial charge is 0.354 e. The number of amides is 2. The quantitative estimate of drug-likeness (QED) is 0.596. The van der Waals surface area contributed by atoms with E-state index in [9.17, 15) is 14.0 Å². The van der Waals surface area contributed by atoms with E-state index in [1.54, 1.807) is 34.9 Å². The van der Waals surface area contributed by atoms with Gasteiger partial charge < -0.3 is 10.2 Å². The zero-order valence-electron chi connectivity index (χ0n) is 17.6. The molecule has 0 aliphatic carbocycles. The highest BCUT2D eigenvalue weighted by Gasteiger charge is 2.42. The molecule has 1 aliphatic rings. The lowest BCUT2D eigenvalue weighted by molar-refractivity contribution is -0.124. The summed E-state index contributed by atoms with van der Waals surface area (Å²) in [5.41, 5.74) is 2.28. The molecule has 2 aromatic carbocycles. The summed E-state index contributed by atoms with van der Waals surface area (Å²) >= 11 is 1.54. The van der Waals surface area contributed by atoms with Gasteiger partial charge in [0.05, 0.1) is 0 Å². The van der Waals surface area contributed by atoms with Crippen LogP contribution in [0.15, 0.2) is 48.5 Å². The van der Waals surface area contributed by atoms with Crippen LogP contribution in [0.4, 0.5) is 4.39 Å². The van der Waals surface area contributed by atoms with Crippen LogP contribution in [0.1, 0.15) is 59.5 Å². The normalized spacial score (nSPS) is 18.4. The van der Waals surface area contributed by atoms with Crippen molar-refractivity contribution in [3.63, 3.8) is 0 Å². The molecule has 30 heavy (non-hydrogen) atoms. The fourth-order valence-corrected chi connectivity index (χ4v) is 5.10. The van der Waals surface area contributed by atoms with Crippen molar-refractivity contribution in [1.82, 2.24) is 10.2 Å². The van der Waals surface area contributed by atoms with E-state index >= 15 is 0 Å². The van der Waals surface area contributed by atoms with Gasteiger partial charge in [0.25, 0.3) is 5.91 Å². The van der Waals surface area contributed by atoms with E-state index in [4.69, 9.17) is 0 Å². The monoisotopic (exact) mass is 428 g/mol. The molecule has 6 heteroatoms. The van der Waals surface area contributed by atoms with Crippen molar-refractivity contribution in [3.8, 4) is 0 Å². The molecule has 160 valence electrons. The van der Waals surface area contributed by atoms with Gasteiger partial charge in [0.2, 0.25) is 5.91 Å². The Bertz CT molecular complexity index is 872. The number of aryl methyl sites for hydroxylation is 1. The third-order valence-corrected chi connectivity index (χ3v) is 6.72.